The Labute approximate surface area is 138 Å². The summed E-state index contributed by atoms with van der Waals surface area (Å²) in [6.07, 6.45) is 6.89. The van der Waals surface area contributed by atoms with E-state index in [2.05, 4.69) is 5.10 Å². The van der Waals surface area contributed by atoms with E-state index in [4.69, 9.17) is 0 Å². The van der Waals surface area contributed by atoms with E-state index in [1.165, 1.54) is 21.7 Å². The second-order valence-corrected chi connectivity index (χ2v) is 6.15. The van der Waals surface area contributed by atoms with Gasteiger partial charge in [0.25, 0.3) is 0 Å². The first-order valence-electron chi connectivity index (χ1n) is 7.94. The number of nitrogens with zero attached hydrogens (tertiary/aromatic N) is 3. The van der Waals surface area contributed by atoms with Crippen LogP contribution < -0.4 is 0 Å². The van der Waals surface area contributed by atoms with Gasteiger partial charge in [-0.2, -0.15) is 5.10 Å². The highest BCUT2D eigenvalue weighted by Crippen LogP contribution is 2.35. The van der Waals surface area contributed by atoms with Gasteiger partial charge in [0.1, 0.15) is 5.82 Å². The third kappa shape index (κ3) is 2.44. The quantitative estimate of drug-likeness (QED) is 0.643. The Kier molecular flexibility index (Phi) is 3.52. The van der Waals surface area contributed by atoms with E-state index < -0.39 is 0 Å². The first kappa shape index (κ1) is 14.8. The van der Waals surface area contributed by atoms with E-state index in [-0.39, 0.29) is 36.0 Å². The molecule has 1 aliphatic heterocycles. The first-order valence-corrected chi connectivity index (χ1v) is 7.94. The zero-order chi connectivity index (χ0) is 16.7. The summed E-state index contributed by atoms with van der Waals surface area (Å²) in [5.74, 6) is -1.03. The van der Waals surface area contributed by atoms with Crippen LogP contribution in [0.4, 0.5) is 4.39 Å². The van der Waals surface area contributed by atoms with Crippen LogP contribution in [-0.2, 0) is 16.1 Å². The lowest BCUT2D eigenvalue weighted by atomic mass is 9.85. The van der Waals surface area contributed by atoms with Crippen molar-refractivity contribution in [1.82, 2.24) is 14.7 Å². The summed E-state index contributed by atoms with van der Waals surface area (Å²) in [5, 5.41) is 4.36. The molecule has 2 amide bonds. The van der Waals surface area contributed by atoms with Crippen molar-refractivity contribution in [2.75, 3.05) is 0 Å². The number of imide groups is 1. The van der Waals surface area contributed by atoms with Crippen molar-refractivity contribution >= 4 is 11.8 Å². The van der Waals surface area contributed by atoms with Crippen molar-refractivity contribution in [3.05, 3.63) is 60.2 Å². The van der Waals surface area contributed by atoms with Gasteiger partial charge in [-0.1, -0.05) is 18.2 Å². The summed E-state index contributed by atoms with van der Waals surface area (Å²) in [4.78, 5) is 26.2. The molecule has 1 saturated heterocycles. The molecule has 0 bridgehead atoms. The number of benzene rings is 1. The third-order valence-corrected chi connectivity index (χ3v) is 4.64. The van der Waals surface area contributed by atoms with Crippen LogP contribution in [0.3, 0.4) is 0 Å². The molecule has 0 N–H and O–H groups in total. The van der Waals surface area contributed by atoms with Crippen LogP contribution >= 0.6 is 0 Å². The van der Waals surface area contributed by atoms with Gasteiger partial charge in [0, 0.05) is 6.20 Å². The Bertz CT molecular complexity index is 816. The molecule has 1 fully saturated rings. The van der Waals surface area contributed by atoms with Crippen molar-refractivity contribution < 1.29 is 14.0 Å². The number of carbonyl (C=O) groups excluding carboxylic acids is 2. The van der Waals surface area contributed by atoms with Gasteiger partial charge in [-0.25, -0.2) is 9.07 Å². The first-order chi connectivity index (χ1) is 11.6. The number of allylic oxidation sites excluding steroid dienone is 2. The number of rotatable bonds is 3. The summed E-state index contributed by atoms with van der Waals surface area (Å²) in [7, 11) is 0. The van der Waals surface area contributed by atoms with Crippen molar-refractivity contribution in [2.45, 2.75) is 19.4 Å². The average Bonchev–Trinajstić information content (AvgIpc) is 3.15. The zero-order valence-electron chi connectivity index (χ0n) is 12.9. The number of fused-ring (bicyclic) bond motifs is 1. The normalized spacial score (nSPS) is 23.0. The van der Waals surface area contributed by atoms with Crippen molar-refractivity contribution in [2.24, 2.45) is 11.8 Å². The fourth-order valence-corrected chi connectivity index (χ4v) is 3.40. The number of halogens is 1. The SMILES string of the molecule is O=C1[C@H]2CC=CC[C@@H]2C(=O)N1Cc1ccn(-c2cccc(F)c2)n1. The maximum Gasteiger partial charge on any atom is 0.233 e. The number of amides is 2. The van der Waals surface area contributed by atoms with E-state index in [0.29, 0.717) is 24.2 Å². The van der Waals surface area contributed by atoms with E-state index in [1.807, 2.05) is 12.2 Å². The highest BCUT2D eigenvalue weighted by atomic mass is 19.1. The molecule has 4 rings (SSSR count). The molecule has 1 aromatic carbocycles. The highest BCUT2D eigenvalue weighted by molar-refractivity contribution is 6.05. The molecule has 5 nitrogen and oxygen atoms in total. The lowest BCUT2D eigenvalue weighted by Gasteiger charge is -2.14. The zero-order valence-corrected chi connectivity index (χ0v) is 12.9. The van der Waals surface area contributed by atoms with Crippen molar-refractivity contribution in [1.29, 1.82) is 0 Å². The van der Waals surface area contributed by atoms with Gasteiger partial charge < -0.3 is 0 Å². The molecular weight excluding hydrogens is 309 g/mol. The van der Waals surface area contributed by atoms with Crippen molar-refractivity contribution in [3.63, 3.8) is 0 Å². The summed E-state index contributed by atoms with van der Waals surface area (Å²) >= 11 is 0. The lowest BCUT2D eigenvalue weighted by Crippen LogP contribution is -2.30. The molecule has 1 aromatic heterocycles. The minimum absolute atomic E-state index is 0.116. The van der Waals surface area contributed by atoms with Gasteiger partial charge in [0.05, 0.1) is 29.8 Å². The molecule has 2 heterocycles. The third-order valence-electron chi connectivity index (χ3n) is 4.64. The molecule has 2 aliphatic rings. The fourth-order valence-electron chi connectivity index (χ4n) is 3.40. The Hall–Kier alpha value is -2.76. The summed E-state index contributed by atoms with van der Waals surface area (Å²) in [5.41, 5.74) is 1.20. The van der Waals surface area contributed by atoms with Crippen LogP contribution in [-0.4, -0.2) is 26.5 Å². The number of likely N-dealkylation sites (tertiary alicyclic amines) is 1. The number of hydrogen-bond acceptors (Lipinski definition) is 3. The van der Waals surface area contributed by atoms with Crippen LogP contribution in [0.2, 0.25) is 0 Å². The molecule has 0 radical (unpaired) electrons. The Balaban J connectivity index is 1.54. The van der Waals surface area contributed by atoms with Gasteiger partial charge in [0.2, 0.25) is 11.8 Å². The standard InChI is InChI=1S/C18H16FN3O2/c19-12-4-3-5-14(10-12)22-9-8-13(20-22)11-21-17(23)15-6-1-2-7-16(15)18(21)24/h1-5,8-10,15-16H,6-7,11H2/t15-,16-/m0/s1. The maximum atomic E-state index is 13.3. The minimum Gasteiger partial charge on any atom is -0.276 e. The number of aromatic nitrogens is 2. The molecule has 122 valence electrons. The molecule has 24 heavy (non-hydrogen) atoms. The van der Waals surface area contributed by atoms with E-state index in [9.17, 15) is 14.0 Å². The molecule has 0 spiro atoms. The Morgan fingerprint density at radius 1 is 1.08 bits per heavy atom. The minimum atomic E-state index is -0.342. The van der Waals surface area contributed by atoms with Gasteiger partial charge in [-0.15, -0.1) is 0 Å². The second kappa shape index (κ2) is 5.70. The van der Waals surface area contributed by atoms with E-state index >= 15 is 0 Å². The fraction of sp³-hybridized carbons (Fsp3) is 0.278. The van der Waals surface area contributed by atoms with Crippen LogP contribution in [0.25, 0.3) is 5.69 Å². The van der Waals surface area contributed by atoms with Crippen LogP contribution in [0, 0.1) is 17.7 Å². The molecule has 0 saturated carbocycles. The Morgan fingerprint density at radius 2 is 1.79 bits per heavy atom. The van der Waals surface area contributed by atoms with Crippen LogP contribution in [0.5, 0.6) is 0 Å². The highest BCUT2D eigenvalue weighted by Gasteiger charge is 2.47. The molecular formula is C18H16FN3O2. The summed E-state index contributed by atoms with van der Waals surface area (Å²) in [6.45, 7) is 0.160. The monoisotopic (exact) mass is 325 g/mol. The molecule has 6 heteroatoms. The van der Waals surface area contributed by atoms with Gasteiger partial charge >= 0.3 is 0 Å². The van der Waals surface area contributed by atoms with E-state index in [1.54, 1.807) is 24.4 Å². The van der Waals surface area contributed by atoms with E-state index in [0.717, 1.165) is 0 Å². The largest absolute Gasteiger partial charge is 0.276 e. The second-order valence-electron chi connectivity index (χ2n) is 6.15. The van der Waals surface area contributed by atoms with Crippen LogP contribution in [0.1, 0.15) is 18.5 Å². The lowest BCUT2D eigenvalue weighted by molar-refractivity contribution is -0.140. The predicted molar refractivity (Wildman–Crippen MR) is 84.4 cm³/mol. The smallest absolute Gasteiger partial charge is 0.233 e. The topological polar surface area (TPSA) is 55.2 Å². The Morgan fingerprint density at radius 3 is 2.46 bits per heavy atom. The van der Waals surface area contributed by atoms with Gasteiger partial charge in [0.15, 0.2) is 0 Å². The number of hydrogen-bond donors (Lipinski definition) is 0. The van der Waals surface area contributed by atoms with Gasteiger partial charge in [-0.3, -0.25) is 14.5 Å². The summed E-state index contributed by atoms with van der Waals surface area (Å²) < 4.78 is 14.9. The number of carbonyl (C=O) groups is 2. The molecule has 0 unspecified atom stereocenters. The van der Waals surface area contributed by atoms with Crippen molar-refractivity contribution in [3.8, 4) is 5.69 Å². The molecule has 2 aromatic rings. The van der Waals surface area contributed by atoms with Crippen LogP contribution in [0.15, 0.2) is 48.7 Å². The van der Waals surface area contributed by atoms with Gasteiger partial charge in [-0.05, 0) is 37.1 Å². The summed E-state index contributed by atoms with van der Waals surface area (Å²) in [6, 6.07) is 7.84. The predicted octanol–water partition coefficient (Wildman–Crippen LogP) is 2.46. The maximum absolute atomic E-state index is 13.3. The average molecular weight is 325 g/mol. The molecule has 1 aliphatic carbocycles. The molecule has 2 atom stereocenters.